The number of fused-ring (bicyclic) bond motifs is 1. The highest BCUT2D eigenvalue weighted by atomic mass is 35.5. The summed E-state index contributed by atoms with van der Waals surface area (Å²) >= 11 is 7.79. The summed E-state index contributed by atoms with van der Waals surface area (Å²) in [5.74, 6) is -0.388. The van der Waals surface area contributed by atoms with Crippen molar-refractivity contribution in [2.75, 3.05) is 19.1 Å². The van der Waals surface area contributed by atoms with Crippen molar-refractivity contribution in [3.05, 3.63) is 40.2 Å². The van der Waals surface area contributed by atoms with E-state index in [0.29, 0.717) is 33.2 Å². The van der Waals surface area contributed by atoms with E-state index in [-0.39, 0.29) is 23.1 Å². The zero-order valence-electron chi connectivity index (χ0n) is 15.0. The zero-order valence-corrected chi connectivity index (χ0v) is 17.3. The van der Waals surface area contributed by atoms with Gasteiger partial charge < -0.3 is 9.72 Å². The molecule has 0 bridgehead atoms. The van der Waals surface area contributed by atoms with Crippen LogP contribution in [0.2, 0.25) is 5.02 Å². The van der Waals surface area contributed by atoms with Gasteiger partial charge in [-0.2, -0.15) is 0 Å². The fraction of sp³-hybridized carbons (Fsp3) is 0.333. The molecule has 1 aromatic heterocycles. The van der Waals surface area contributed by atoms with Gasteiger partial charge in [0, 0.05) is 33.2 Å². The van der Waals surface area contributed by atoms with Crippen LogP contribution in [0, 0.1) is 0 Å². The number of hydrogen-bond donors (Lipinski definition) is 1. The van der Waals surface area contributed by atoms with Gasteiger partial charge in [0.2, 0.25) is 0 Å². The van der Waals surface area contributed by atoms with E-state index in [1.807, 2.05) is 0 Å². The summed E-state index contributed by atoms with van der Waals surface area (Å²) in [6.07, 6.45) is 1.14. The number of methoxy groups -OCH3 is 1. The Bertz CT molecular complexity index is 1040. The topological polar surface area (TPSA) is 93.3 Å². The number of halogens is 1. The highest BCUT2D eigenvalue weighted by molar-refractivity contribution is 7.99. The number of ether oxygens (including phenoxy) is 1. The first kappa shape index (κ1) is 20.0. The molecule has 1 aromatic carbocycles. The van der Waals surface area contributed by atoms with Crippen LogP contribution in [-0.4, -0.2) is 44.3 Å². The molecule has 0 radical (unpaired) electrons. The molecule has 144 valence electrons. The van der Waals surface area contributed by atoms with E-state index in [4.69, 9.17) is 16.3 Å². The van der Waals surface area contributed by atoms with E-state index in [1.165, 1.54) is 25.8 Å². The van der Waals surface area contributed by atoms with Crippen LogP contribution < -0.4 is 0 Å². The number of carbonyl (C=O) groups excluding carboxylic acids is 2. The standard InChI is InChI=1S/C18H18ClNO5S2/c1-9(21)12-7-26-17-14(16(18(22)25-2)20-15(12)17)10-4-5-11(13(19)6-10)8-27(3,23)24/h4-6,12,20H,7-8H2,1-3H3. The van der Waals surface area contributed by atoms with Gasteiger partial charge in [0.25, 0.3) is 0 Å². The predicted octanol–water partition coefficient (Wildman–Crippen LogP) is 3.44. The van der Waals surface area contributed by atoms with Gasteiger partial charge >= 0.3 is 5.97 Å². The lowest BCUT2D eigenvalue weighted by Gasteiger charge is -2.09. The Morgan fingerprint density at radius 3 is 2.63 bits per heavy atom. The van der Waals surface area contributed by atoms with Crippen molar-refractivity contribution >= 4 is 45.0 Å². The monoisotopic (exact) mass is 427 g/mol. The average Bonchev–Trinajstić information content (AvgIpc) is 3.13. The number of H-pyrrole nitrogens is 1. The third kappa shape index (κ3) is 3.93. The predicted molar refractivity (Wildman–Crippen MR) is 105 cm³/mol. The Labute approximate surface area is 166 Å². The average molecular weight is 428 g/mol. The van der Waals surface area contributed by atoms with Crippen LogP contribution in [0.4, 0.5) is 0 Å². The lowest BCUT2D eigenvalue weighted by molar-refractivity contribution is -0.118. The fourth-order valence-corrected chi connectivity index (χ4v) is 5.69. The summed E-state index contributed by atoms with van der Waals surface area (Å²) in [5.41, 5.74) is 2.74. The van der Waals surface area contributed by atoms with Gasteiger partial charge in [0.05, 0.1) is 18.8 Å². The molecule has 0 amide bonds. The summed E-state index contributed by atoms with van der Waals surface area (Å²) in [6, 6.07) is 5.00. The van der Waals surface area contributed by atoms with E-state index < -0.39 is 15.8 Å². The number of nitrogens with one attached hydrogen (secondary N) is 1. The van der Waals surface area contributed by atoms with Gasteiger partial charge in [0.1, 0.15) is 11.5 Å². The van der Waals surface area contributed by atoms with Crippen LogP contribution in [0.1, 0.15) is 34.6 Å². The zero-order chi connectivity index (χ0) is 19.9. The minimum atomic E-state index is -3.22. The van der Waals surface area contributed by atoms with Crippen molar-refractivity contribution in [3.8, 4) is 11.1 Å². The maximum absolute atomic E-state index is 12.3. The summed E-state index contributed by atoms with van der Waals surface area (Å²) in [7, 11) is -1.94. The molecular weight excluding hydrogens is 410 g/mol. The number of Topliss-reactive ketones (excluding diaryl/α,β-unsaturated/α-hetero) is 1. The molecule has 0 spiro atoms. The fourth-order valence-electron chi connectivity index (χ4n) is 3.10. The van der Waals surface area contributed by atoms with Crippen molar-refractivity contribution < 1.29 is 22.7 Å². The van der Waals surface area contributed by atoms with Crippen LogP contribution in [-0.2, 0) is 25.1 Å². The Morgan fingerprint density at radius 2 is 2.07 bits per heavy atom. The molecule has 0 saturated carbocycles. The number of hydrogen-bond acceptors (Lipinski definition) is 6. The maximum atomic E-state index is 12.3. The first-order valence-corrected chi connectivity index (χ1v) is 11.5. The molecule has 3 rings (SSSR count). The summed E-state index contributed by atoms with van der Waals surface area (Å²) < 4.78 is 28.0. The highest BCUT2D eigenvalue weighted by Gasteiger charge is 2.35. The minimum absolute atomic E-state index is 0.0204. The summed E-state index contributed by atoms with van der Waals surface area (Å²) in [6.45, 7) is 1.52. The second-order valence-corrected chi connectivity index (χ2v) is 10.0. The molecule has 0 aliphatic carbocycles. The molecule has 0 saturated heterocycles. The van der Waals surface area contributed by atoms with Crippen molar-refractivity contribution in [2.45, 2.75) is 23.5 Å². The molecule has 1 aliphatic heterocycles. The number of esters is 1. The first-order chi connectivity index (χ1) is 12.6. The Balaban J connectivity index is 2.14. The molecule has 1 N–H and O–H groups in total. The van der Waals surface area contributed by atoms with Crippen molar-refractivity contribution in [1.29, 1.82) is 0 Å². The number of ketones is 1. The minimum Gasteiger partial charge on any atom is -0.464 e. The molecule has 1 unspecified atom stereocenters. The van der Waals surface area contributed by atoms with Crippen molar-refractivity contribution in [1.82, 2.24) is 4.98 Å². The number of aromatic amines is 1. The number of carbonyl (C=O) groups is 2. The SMILES string of the molecule is COC(=O)c1[nH]c2c(c1-c1ccc(CS(C)(=O)=O)c(Cl)c1)SCC2C(C)=O. The molecule has 1 atom stereocenters. The second-order valence-electron chi connectivity index (χ2n) is 6.46. The first-order valence-electron chi connectivity index (χ1n) is 8.06. The van der Waals surface area contributed by atoms with Gasteiger partial charge in [-0.05, 0) is 24.1 Å². The molecule has 0 fully saturated rings. The molecule has 2 heterocycles. The van der Waals surface area contributed by atoms with Crippen molar-refractivity contribution in [3.63, 3.8) is 0 Å². The Morgan fingerprint density at radius 1 is 1.37 bits per heavy atom. The molecule has 1 aliphatic rings. The highest BCUT2D eigenvalue weighted by Crippen LogP contribution is 2.47. The molecule has 2 aromatic rings. The smallest absolute Gasteiger partial charge is 0.355 e. The lowest BCUT2D eigenvalue weighted by atomic mass is 10.0. The quantitative estimate of drug-likeness (QED) is 0.734. The van der Waals surface area contributed by atoms with E-state index in [0.717, 1.165) is 11.2 Å². The van der Waals surface area contributed by atoms with Gasteiger partial charge in [-0.15, -0.1) is 11.8 Å². The third-order valence-corrected chi connectivity index (χ3v) is 6.76. The summed E-state index contributed by atoms with van der Waals surface area (Å²) in [4.78, 5) is 28.1. The molecule has 6 nitrogen and oxygen atoms in total. The third-order valence-electron chi connectivity index (χ3n) is 4.36. The van der Waals surface area contributed by atoms with Crippen LogP contribution >= 0.6 is 23.4 Å². The van der Waals surface area contributed by atoms with Gasteiger partial charge in [-0.1, -0.05) is 23.7 Å². The summed E-state index contributed by atoms with van der Waals surface area (Å²) in [5, 5.41) is 0.301. The van der Waals surface area contributed by atoms with E-state index >= 15 is 0 Å². The van der Waals surface area contributed by atoms with Crippen LogP contribution in [0.3, 0.4) is 0 Å². The molecular formula is C18H18ClNO5S2. The van der Waals surface area contributed by atoms with Crippen LogP contribution in [0.5, 0.6) is 0 Å². The van der Waals surface area contributed by atoms with Crippen LogP contribution in [0.25, 0.3) is 11.1 Å². The number of benzene rings is 1. The number of sulfone groups is 1. The van der Waals surface area contributed by atoms with Crippen LogP contribution in [0.15, 0.2) is 23.1 Å². The largest absolute Gasteiger partial charge is 0.464 e. The lowest BCUT2D eigenvalue weighted by Crippen LogP contribution is -2.10. The van der Waals surface area contributed by atoms with Gasteiger partial charge in [0.15, 0.2) is 9.84 Å². The maximum Gasteiger partial charge on any atom is 0.355 e. The van der Waals surface area contributed by atoms with E-state index in [1.54, 1.807) is 18.2 Å². The number of rotatable bonds is 5. The second kappa shape index (κ2) is 7.33. The number of thioether (sulfide) groups is 1. The van der Waals surface area contributed by atoms with E-state index in [9.17, 15) is 18.0 Å². The normalized spacial score (nSPS) is 16.2. The molecule has 9 heteroatoms. The van der Waals surface area contributed by atoms with Gasteiger partial charge in [-0.25, -0.2) is 13.2 Å². The van der Waals surface area contributed by atoms with E-state index in [2.05, 4.69) is 4.98 Å². The van der Waals surface area contributed by atoms with Crippen molar-refractivity contribution in [2.24, 2.45) is 0 Å². The number of aromatic nitrogens is 1. The Kier molecular flexibility index (Phi) is 5.42. The molecule has 27 heavy (non-hydrogen) atoms. The Hall–Kier alpha value is -1.77. The van der Waals surface area contributed by atoms with Gasteiger partial charge in [-0.3, -0.25) is 4.79 Å².